The summed E-state index contributed by atoms with van der Waals surface area (Å²) in [6, 6.07) is 8.42. The number of hydrogen-bond acceptors (Lipinski definition) is 5. The van der Waals surface area contributed by atoms with Gasteiger partial charge >= 0.3 is 0 Å². The molecule has 0 aliphatic carbocycles. The number of pyridine rings is 1. The van der Waals surface area contributed by atoms with E-state index in [9.17, 15) is 9.90 Å². The van der Waals surface area contributed by atoms with Crippen LogP contribution in [0, 0.1) is 0 Å². The normalized spacial score (nSPS) is 10.2. The highest BCUT2D eigenvalue weighted by atomic mass is 16.5. The zero-order valence-corrected chi connectivity index (χ0v) is 12.1. The van der Waals surface area contributed by atoms with Crippen LogP contribution in [0.15, 0.2) is 35.1 Å². The van der Waals surface area contributed by atoms with Crippen molar-refractivity contribution in [2.75, 3.05) is 21.3 Å². The molecule has 0 aliphatic rings. The van der Waals surface area contributed by atoms with E-state index in [0.717, 1.165) is 17.4 Å². The molecule has 1 heterocycles. The van der Waals surface area contributed by atoms with Crippen molar-refractivity contribution in [3.8, 4) is 23.1 Å². The number of methoxy groups -OCH3 is 3. The monoisotopic (exact) mass is 291 g/mol. The molecule has 0 saturated heterocycles. The lowest BCUT2D eigenvalue weighted by Crippen LogP contribution is -2.22. The first kappa shape index (κ1) is 14.8. The summed E-state index contributed by atoms with van der Waals surface area (Å²) in [5.41, 5.74) is 0.518. The van der Waals surface area contributed by atoms with E-state index < -0.39 is 0 Å². The molecule has 0 bridgehead atoms. The molecular weight excluding hydrogens is 274 g/mol. The van der Waals surface area contributed by atoms with E-state index in [4.69, 9.17) is 14.2 Å². The largest absolute Gasteiger partial charge is 0.504 e. The molecule has 1 aromatic carbocycles. The minimum absolute atomic E-state index is 0.130. The van der Waals surface area contributed by atoms with Gasteiger partial charge in [0, 0.05) is 6.07 Å². The zero-order valence-electron chi connectivity index (χ0n) is 12.1. The van der Waals surface area contributed by atoms with Gasteiger partial charge in [-0.05, 0) is 17.7 Å². The van der Waals surface area contributed by atoms with E-state index >= 15 is 0 Å². The first-order valence-corrected chi connectivity index (χ1v) is 6.28. The Morgan fingerprint density at radius 2 is 1.71 bits per heavy atom. The lowest BCUT2D eigenvalue weighted by molar-refractivity contribution is 0.307. The van der Waals surface area contributed by atoms with Crippen LogP contribution in [0.3, 0.4) is 0 Å². The molecule has 2 aromatic rings. The second kappa shape index (κ2) is 6.21. The topological polar surface area (TPSA) is 69.9 Å². The summed E-state index contributed by atoms with van der Waals surface area (Å²) in [6.07, 6.45) is 0. The Hall–Kier alpha value is -2.63. The Kier molecular flexibility index (Phi) is 4.37. The number of hydrogen-bond donors (Lipinski definition) is 1. The number of benzene rings is 1. The SMILES string of the molecule is COc1ccc(Cn2c(OC)c(OC)c(O)cc2=O)cc1. The van der Waals surface area contributed by atoms with Crippen LogP contribution >= 0.6 is 0 Å². The van der Waals surface area contributed by atoms with Gasteiger partial charge in [-0.2, -0.15) is 0 Å². The fraction of sp³-hybridized carbons (Fsp3) is 0.267. The van der Waals surface area contributed by atoms with Crippen molar-refractivity contribution >= 4 is 0 Å². The van der Waals surface area contributed by atoms with Gasteiger partial charge in [0.15, 0.2) is 5.75 Å². The van der Waals surface area contributed by atoms with Crippen LogP contribution in [0.5, 0.6) is 23.1 Å². The highest BCUT2D eigenvalue weighted by molar-refractivity contribution is 5.46. The van der Waals surface area contributed by atoms with Crippen molar-refractivity contribution < 1.29 is 19.3 Å². The standard InChI is InChI=1S/C15H17NO5/c1-19-11-6-4-10(5-7-11)9-16-13(18)8-12(17)14(20-2)15(16)21-3/h4-8,17H,9H2,1-3H3. The maximum atomic E-state index is 12.1. The molecule has 0 aliphatic heterocycles. The lowest BCUT2D eigenvalue weighted by atomic mass is 10.2. The van der Waals surface area contributed by atoms with Gasteiger partial charge in [0.1, 0.15) is 5.75 Å². The Morgan fingerprint density at radius 1 is 1.05 bits per heavy atom. The number of aromatic nitrogens is 1. The minimum atomic E-state index is -0.374. The summed E-state index contributed by atoms with van der Waals surface area (Å²) in [4.78, 5) is 12.1. The van der Waals surface area contributed by atoms with Crippen molar-refractivity contribution in [2.45, 2.75) is 6.54 Å². The summed E-state index contributed by atoms with van der Waals surface area (Å²) >= 11 is 0. The third-order valence-electron chi connectivity index (χ3n) is 3.10. The lowest BCUT2D eigenvalue weighted by Gasteiger charge is -2.15. The van der Waals surface area contributed by atoms with Crippen molar-refractivity contribution in [3.05, 3.63) is 46.2 Å². The number of rotatable bonds is 5. The molecule has 1 N–H and O–H groups in total. The first-order chi connectivity index (χ1) is 10.1. The maximum absolute atomic E-state index is 12.1. The Bertz CT molecular complexity index is 676. The second-order valence-corrected chi connectivity index (χ2v) is 4.34. The van der Waals surface area contributed by atoms with Gasteiger partial charge in [-0.1, -0.05) is 12.1 Å². The van der Waals surface area contributed by atoms with Crippen LogP contribution in [-0.2, 0) is 6.54 Å². The molecule has 0 saturated carbocycles. The molecule has 0 unspecified atom stereocenters. The fourth-order valence-electron chi connectivity index (χ4n) is 2.05. The first-order valence-electron chi connectivity index (χ1n) is 6.28. The molecule has 1 aromatic heterocycles. The van der Waals surface area contributed by atoms with Crippen LogP contribution in [-0.4, -0.2) is 31.0 Å². The van der Waals surface area contributed by atoms with Crippen LogP contribution in [0.2, 0.25) is 0 Å². The van der Waals surface area contributed by atoms with Crippen LogP contribution < -0.4 is 19.8 Å². The number of aromatic hydroxyl groups is 1. The molecule has 112 valence electrons. The summed E-state index contributed by atoms with van der Waals surface area (Å²) in [6.45, 7) is 0.294. The van der Waals surface area contributed by atoms with E-state index in [2.05, 4.69) is 0 Å². The third kappa shape index (κ3) is 2.94. The fourth-order valence-corrected chi connectivity index (χ4v) is 2.05. The molecule has 6 nitrogen and oxygen atoms in total. The number of nitrogens with zero attached hydrogens (tertiary/aromatic N) is 1. The average molecular weight is 291 g/mol. The molecule has 2 rings (SSSR count). The third-order valence-corrected chi connectivity index (χ3v) is 3.10. The van der Waals surface area contributed by atoms with E-state index in [1.54, 1.807) is 7.11 Å². The van der Waals surface area contributed by atoms with Gasteiger partial charge in [0.25, 0.3) is 5.56 Å². The van der Waals surface area contributed by atoms with Crippen molar-refractivity contribution in [2.24, 2.45) is 0 Å². The molecule has 0 atom stereocenters. The van der Waals surface area contributed by atoms with E-state index in [-0.39, 0.29) is 22.9 Å². The van der Waals surface area contributed by atoms with Crippen molar-refractivity contribution in [1.29, 1.82) is 0 Å². The highest BCUT2D eigenvalue weighted by Gasteiger charge is 2.17. The minimum Gasteiger partial charge on any atom is -0.504 e. The highest BCUT2D eigenvalue weighted by Crippen LogP contribution is 2.34. The summed E-state index contributed by atoms with van der Waals surface area (Å²) in [5, 5.41) is 9.73. The van der Waals surface area contributed by atoms with Crippen molar-refractivity contribution in [1.82, 2.24) is 4.57 Å². The van der Waals surface area contributed by atoms with Gasteiger partial charge in [-0.3, -0.25) is 9.36 Å². The summed E-state index contributed by atoms with van der Waals surface area (Å²) in [5.74, 6) is 0.801. The summed E-state index contributed by atoms with van der Waals surface area (Å²) in [7, 11) is 4.41. The molecule has 6 heteroatoms. The second-order valence-electron chi connectivity index (χ2n) is 4.34. The Labute approximate surface area is 122 Å². The molecule has 0 amide bonds. The van der Waals surface area contributed by atoms with Gasteiger partial charge < -0.3 is 19.3 Å². The molecule has 0 fully saturated rings. The molecular formula is C15H17NO5. The molecule has 21 heavy (non-hydrogen) atoms. The molecule has 0 radical (unpaired) electrons. The van der Waals surface area contributed by atoms with Crippen LogP contribution in [0.25, 0.3) is 0 Å². The van der Waals surface area contributed by atoms with Crippen LogP contribution in [0.1, 0.15) is 5.56 Å². The smallest absolute Gasteiger partial charge is 0.257 e. The molecule has 0 spiro atoms. The van der Waals surface area contributed by atoms with Gasteiger partial charge in [0.05, 0.1) is 27.9 Å². The number of ether oxygens (including phenoxy) is 3. The maximum Gasteiger partial charge on any atom is 0.257 e. The van der Waals surface area contributed by atoms with Crippen molar-refractivity contribution in [3.63, 3.8) is 0 Å². The van der Waals surface area contributed by atoms with Gasteiger partial charge in [-0.25, -0.2) is 0 Å². The van der Waals surface area contributed by atoms with E-state index in [0.29, 0.717) is 6.54 Å². The Morgan fingerprint density at radius 3 is 2.24 bits per heavy atom. The Balaban J connectivity index is 2.45. The van der Waals surface area contributed by atoms with E-state index in [1.165, 1.54) is 18.8 Å². The van der Waals surface area contributed by atoms with Crippen LogP contribution in [0.4, 0.5) is 0 Å². The van der Waals surface area contributed by atoms with Gasteiger partial charge in [0.2, 0.25) is 11.6 Å². The van der Waals surface area contributed by atoms with E-state index in [1.807, 2.05) is 24.3 Å². The predicted molar refractivity (Wildman–Crippen MR) is 77.6 cm³/mol. The predicted octanol–water partition coefficient (Wildman–Crippen LogP) is 1.63. The average Bonchev–Trinajstić information content (AvgIpc) is 2.50. The quantitative estimate of drug-likeness (QED) is 0.906. The van der Waals surface area contributed by atoms with Gasteiger partial charge in [-0.15, -0.1) is 0 Å². The summed E-state index contributed by atoms with van der Waals surface area (Å²) < 4.78 is 16.8. The zero-order chi connectivity index (χ0) is 15.4.